The summed E-state index contributed by atoms with van der Waals surface area (Å²) in [5.74, 6) is 0.280. The van der Waals surface area contributed by atoms with Crippen molar-refractivity contribution in [2.45, 2.75) is 59.0 Å². The van der Waals surface area contributed by atoms with Gasteiger partial charge in [-0.05, 0) is 40.2 Å². The molecule has 0 atom stereocenters. The molecule has 1 saturated heterocycles. The van der Waals surface area contributed by atoms with E-state index in [1.165, 1.54) is 0 Å². The number of sulfonamides is 1. The first-order valence-electron chi connectivity index (χ1n) is 8.09. The van der Waals surface area contributed by atoms with Crippen LogP contribution in [0, 0.1) is 0 Å². The monoisotopic (exact) mass is 319 g/mol. The van der Waals surface area contributed by atoms with Crippen LogP contribution >= 0.6 is 0 Å². The van der Waals surface area contributed by atoms with Gasteiger partial charge < -0.3 is 5.32 Å². The molecule has 1 N–H and O–H groups in total. The van der Waals surface area contributed by atoms with Crippen LogP contribution in [0.3, 0.4) is 0 Å². The molecule has 0 unspecified atom stereocenters. The first-order valence-corrected chi connectivity index (χ1v) is 9.70. The van der Waals surface area contributed by atoms with Crippen molar-refractivity contribution in [3.63, 3.8) is 0 Å². The highest BCUT2D eigenvalue weighted by Gasteiger charge is 2.30. The van der Waals surface area contributed by atoms with Crippen molar-refractivity contribution in [2.75, 3.05) is 38.5 Å². The third-order valence-electron chi connectivity index (χ3n) is 3.96. The molecule has 1 rings (SSSR count). The molecule has 0 aromatic rings. The third-order valence-corrected chi connectivity index (χ3v) is 5.92. The minimum absolute atomic E-state index is 0.123. The molecule has 0 aliphatic carbocycles. The molecular formula is C15H33N3O2S. The number of unbranched alkanes of at least 4 members (excludes halogenated alkanes) is 1. The van der Waals surface area contributed by atoms with Gasteiger partial charge in [0.15, 0.2) is 0 Å². The van der Waals surface area contributed by atoms with Crippen LogP contribution in [0.1, 0.15) is 47.5 Å². The van der Waals surface area contributed by atoms with Crippen molar-refractivity contribution in [3.8, 4) is 0 Å². The topological polar surface area (TPSA) is 52.7 Å². The molecule has 21 heavy (non-hydrogen) atoms. The van der Waals surface area contributed by atoms with Crippen LogP contribution < -0.4 is 5.32 Å². The first kappa shape index (κ1) is 18.9. The van der Waals surface area contributed by atoms with Crippen molar-refractivity contribution in [2.24, 2.45) is 0 Å². The fourth-order valence-electron chi connectivity index (χ4n) is 2.57. The summed E-state index contributed by atoms with van der Waals surface area (Å²) in [6, 6.07) is 0.465. The van der Waals surface area contributed by atoms with Crippen LogP contribution in [-0.2, 0) is 10.0 Å². The van der Waals surface area contributed by atoms with E-state index in [-0.39, 0.29) is 11.3 Å². The molecule has 1 aliphatic rings. The van der Waals surface area contributed by atoms with Crippen LogP contribution in [0.5, 0.6) is 0 Å². The molecular weight excluding hydrogens is 286 g/mol. The van der Waals surface area contributed by atoms with E-state index in [1.54, 1.807) is 4.31 Å². The minimum Gasteiger partial charge on any atom is -0.315 e. The summed E-state index contributed by atoms with van der Waals surface area (Å²) >= 11 is 0. The van der Waals surface area contributed by atoms with Gasteiger partial charge in [-0.2, -0.15) is 4.31 Å². The van der Waals surface area contributed by atoms with E-state index in [1.807, 2.05) is 0 Å². The zero-order chi connectivity index (χ0) is 16.1. The molecule has 1 aliphatic heterocycles. The van der Waals surface area contributed by atoms with E-state index in [0.717, 1.165) is 32.5 Å². The van der Waals surface area contributed by atoms with E-state index in [2.05, 4.69) is 44.8 Å². The molecule has 1 fully saturated rings. The number of rotatable bonds is 7. The average Bonchev–Trinajstić information content (AvgIpc) is 2.37. The summed E-state index contributed by atoms with van der Waals surface area (Å²) < 4.78 is 26.3. The maximum Gasteiger partial charge on any atom is 0.214 e. The highest BCUT2D eigenvalue weighted by Crippen LogP contribution is 2.17. The summed E-state index contributed by atoms with van der Waals surface area (Å²) in [7, 11) is -3.07. The summed E-state index contributed by atoms with van der Waals surface area (Å²) in [6.45, 7) is 14.6. The predicted octanol–water partition coefficient (Wildman–Crippen LogP) is 1.51. The maximum atomic E-state index is 12.3. The largest absolute Gasteiger partial charge is 0.315 e. The van der Waals surface area contributed by atoms with Crippen molar-refractivity contribution >= 4 is 10.0 Å². The van der Waals surface area contributed by atoms with Crippen molar-refractivity contribution in [1.82, 2.24) is 14.5 Å². The van der Waals surface area contributed by atoms with Crippen LogP contribution in [0.15, 0.2) is 0 Å². The number of nitrogens with one attached hydrogen (secondary N) is 1. The van der Waals surface area contributed by atoms with E-state index in [9.17, 15) is 8.42 Å². The van der Waals surface area contributed by atoms with Gasteiger partial charge in [0.1, 0.15) is 0 Å². The number of hydrogen-bond donors (Lipinski definition) is 1. The minimum atomic E-state index is -3.07. The van der Waals surface area contributed by atoms with Gasteiger partial charge in [0, 0.05) is 37.8 Å². The Bertz CT molecular complexity index is 394. The molecule has 1 heterocycles. The summed E-state index contributed by atoms with van der Waals surface area (Å²) in [5, 5.41) is 3.32. The lowest BCUT2D eigenvalue weighted by Gasteiger charge is -2.41. The van der Waals surface area contributed by atoms with Gasteiger partial charge in [-0.1, -0.05) is 13.8 Å². The van der Waals surface area contributed by atoms with Crippen LogP contribution in [0.4, 0.5) is 0 Å². The van der Waals surface area contributed by atoms with E-state index >= 15 is 0 Å². The molecule has 0 spiro atoms. The molecule has 0 saturated carbocycles. The van der Waals surface area contributed by atoms with Gasteiger partial charge in [-0.3, -0.25) is 4.90 Å². The second kappa shape index (κ2) is 7.90. The zero-order valence-electron chi connectivity index (χ0n) is 14.4. The first-order chi connectivity index (χ1) is 9.63. The Morgan fingerprint density at radius 1 is 1.05 bits per heavy atom. The van der Waals surface area contributed by atoms with Gasteiger partial charge >= 0.3 is 0 Å². The Morgan fingerprint density at radius 3 is 2.10 bits per heavy atom. The molecule has 126 valence electrons. The Labute approximate surface area is 131 Å². The number of piperazine rings is 1. The summed E-state index contributed by atoms with van der Waals surface area (Å²) in [6.07, 6.45) is 1.65. The predicted molar refractivity (Wildman–Crippen MR) is 89.1 cm³/mol. The maximum absolute atomic E-state index is 12.3. The number of hydrogen-bond acceptors (Lipinski definition) is 4. The van der Waals surface area contributed by atoms with Gasteiger partial charge in [0.25, 0.3) is 0 Å². The van der Waals surface area contributed by atoms with Gasteiger partial charge in [0.05, 0.1) is 5.75 Å². The Kier molecular flexibility index (Phi) is 7.10. The lowest BCUT2D eigenvalue weighted by molar-refractivity contribution is 0.0922. The Balaban J connectivity index is 2.33. The molecule has 0 amide bonds. The van der Waals surface area contributed by atoms with Gasteiger partial charge in [-0.25, -0.2) is 8.42 Å². The van der Waals surface area contributed by atoms with Gasteiger partial charge in [-0.15, -0.1) is 0 Å². The fraction of sp³-hybridized carbons (Fsp3) is 1.00. The molecule has 0 radical (unpaired) electrons. The van der Waals surface area contributed by atoms with Crippen molar-refractivity contribution < 1.29 is 8.42 Å². The van der Waals surface area contributed by atoms with Crippen LogP contribution in [0.25, 0.3) is 0 Å². The summed E-state index contributed by atoms with van der Waals surface area (Å²) in [5.41, 5.74) is 0.123. The average molecular weight is 320 g/mol. The highest BCUT2D eigenvalue weighted by molar-refractivity contribution is 7.89. The Hall–Kier alpha value is -0.170. The van der Waals surface area contributed by atoms with Crippen molar-refractivity contribution in [1.29, 1.82) is 0 Å². The molecule has 6 heteroatoms. The second-order valence-corrected chi connectivity index (χ2v) is 9.28. The fourth-order valence-corrected chi connectivity index (χ4v) is 4.11. The van der Waals surface area contributed by atoms with E-state index < -0.39 is 10.0 Å². The normalized spacial score (nSPS) is 19.3. The molecule has 0 aromatic carbocycles. The lowest BCUT2D eigenvalue weighted by Crippen LogP contribution is -2.54. The van der Waals surface area contributed by atoms with Crippen LogP contribution in [0.2, 0.25) is 0 Å². The SMILES string of the molecule is CC(C)NCCCCS(=O)(=O)N1CCN(C(C)(C)C)CC1. The molecule has 0 bridgehead atoms. The molecule has 0 aromatic heterocycles. The quantitative estimate of drug-likeness (QED) is 0.723. The second-order valence-electron chi connectivity index (χ2n) is 7.19. The smallest absolute Gasteiger partial charge is 0.214 e. The molecule has 5 nitrogen and oxygen atoms in total. The van der Waals surface area contributed by atoms with E-state index in [0.29, 0.717) is 19.1 Å². The zero-order valence-corrected chi connectivity index (χ0v) is 15.2. The van der Waals surface area contributed by atoms with Crippen molar-refractivity contribution in [3.05, 3.63) is 0 Å². The number of nitrogens with zero attached hydrogens (tertiary/aromatic N) is 2. The Morgan fingerprint density at radius 2 is 1.62 bits per heavy atom. The van der Waals surface area contributed by atoms with Gasteiger partial charge in [0.2, 0.25) is 10.0 Å². The third kappa shape index (κ3) is 6.63. The van der Waals surface area contributed by atoms with E-state index in [4.69, 9.17) is 0 Å². The standard InChI is InChI=1S/C15H33N3O2S/c1-14(2)16-8-6-7-13-21(19,20)18-11-9-17(10-12-18)15(3,4)5/h14,16H,6-13H2,1-5H3. The summed E-state index contributed by atoms with van der Waals surface area (Å²) in [4.78, 5) is 2.35. The van der Waals surface area contributed by atoms with Crippen LogP contribution in [-0.4, -0.2) is 67.7 Å². The lowest BCUT2D eigenvalue weighted by atomic mass is 10.1. The highest BCUT2D eigenvalue weighted by atomic mass is 32.2.